The maximum atomic E-state index is 9.97. The molecule has 16 heavy (non-hydrogen) atoms. The second kappa shape index (κ2) is 4.10. The molecule has 0 heterocycles. The third kappa shape index (κ3) is 2.56. The van der Waals surface area contributed by atoms with Crippen molar-refractivity contribution < 1.29 is 5.11 Å². The van der Waals surface area contributed by atoms with E-state index in [2.05, 4.69) is 6.07 Å². The van der Waals surface area contributed by atoms with E-state index in [-0.39, 0.29) is 5.54 Å². The second-order valence-corrected chi connectivity index (χ2v) is 5.62. The summed E-state index contributed by atoms with van der Waals surface area (Å²) in [6.07, 6.45) is 5.49. The topological polar surface area (TPSA) is 46.2 Å². The minimum atomic E-state index is -0.264. The largest absolute Gasteiger partial charge is 0.508 e. The van der Waals surface area contributed by atoms with E-state index < -0.39 is 0 Å². The molecule has 2 rings (SSSR count). The zero-order valence-corrected chi connectivity index (χ0v) is 10.2. The van der Waals surface area contributed by atoms with Crippen molar-refractivity contribution in [1.29, 1.82) is 0 Å². The molecular weight excluding hydrogens is 198 g/mol. The first-order valence-electron chi connectivity index (χ1n) is 6.08. The maximum absolute atomic E-state index is 9.97. The van der Waals surface area contributed by atoms with Gasteiger partial charge in [-0.1, -0.05) is 6.07 Å². The molecule has 0 atom stereocenters. The zero-order chi connectivity index (χ0) is 11.8. The minimum absolute atomic E-state index is 0.264. The Balaban J connectivity index is 2.32. The highest BCUT2D eigenvalue weighted by molar-refractivity contribution is 5.43. The Morgan fingerprint density at radius 1 is 1.19 bits per heavy atom. The van der Waals surface area contributed by atoms with Crippen LogP contribution in [0.3, 0.4) is 0 Å². The number of hydrogen-bond donors (Lipinski definition) is 2. The maximum Gasteiger partial charge on any atom is 0.119 e. The molecule has 0 spiro atoms. The van der Waals surface area contributed by atoms with Gasteiger partial charge in [0.25, 0.3) is 0 Å². The molecule has 0 unspecified atom stereocenters. The number of rotatable bonds is 2. The van der Waals surface area contributed by atoms with Crippen LogP contribution in [-0.4, -0.2) is 10.6 Å². The van der Waals surface area contributed by atoms with Gasteiger partial charge in [0, 0.05) is 5.54 Å². The first-order chi connectivity index (χ1) is 7.46. The molecule has 3 N–H and O–H groups in total. The lowest BCUT2D eigenvalue weighted by Gasteiger charge is -2.22. The number of benzene rings is 1. The predicted molar refractivity (Wildman–Crippen MR) is 66.7 cm³/mol. The Morgan fingerprint density at radius 2 is 1.75 bits per heavy atom. The van der Waals surface area contributed by atoms with Gasteiger partial charge < -0.3 is 10.8 Å². The number of phenols is 1. The number of aryl methyl sites for hydroxylation is 2. The van der Waals surface area contributed by atoms with Crippen LogP contribution in [0.1, 0.15) is 43.4 Å². The summed E-state index contributed by atoms with van der Waals surface area (Å²) in [5.74, 6) is 0.416. The average molecular weight is 219 g/mol. The summed E-state index contributed by atoms with van der Waals surface area (Å²) in [6, 6.07) is 4.09. The lowest BCUT2D eigenvalue weighted by molar-refractivity contribution is 0.448. The van der Waals surface area contributed by atoms with E-state index in [9.17, 15) is 5.11 Å². The van der Waals surface area contributed by atoms with Gasteiger partial charge in [0.15, 0.2) is 0 Å². The van der Waals surface area contributed by atoms with Gasteiger partial charge >= 0.3 is 0 Å². The van der Waals surface area contributed by atoms with Crippen molar-refractivity contribution in [3.05, 3.63) is 28.8 Å². The highest BCUT2D eigenvalue weighted by Crippen LogP contribution is 2.30. The van der Waals surface area contributed by atoms with Crippen LogP contribution in [0, 0.1) is 0 Å². The van der Waals surface area contributed by atoms with Gasteiger partial charge in [-0.05, 0) is 68.7 Å². The molecule has 88 valence electrons. The van der Waals surface area contributed by atoms with Crippen molar-refractivity contribution in [1.82, 2.24) is 0 Å². The van der Waals surface area contributed by atoms with Crippen LogP contribution in [0.2, 0.25) is 0 Å². The van der Waals surface area contributed by atoms with E-state index in [0.717, 1.165) is 24.8 Å². The van der Waals surface area contributed by atoms with E-state index in [1.165, 1.54) is 24.0 Å². The Hall–Kier alpha value is -1.02. The van der Waals surface area contributed by atoms with Gasteiger partial charge in [-0.25, -0.2) is 0 Å². The van der Waals surface area contributed by atoms with Crippen LogP contribution in [0.15, 0.2) is 12.1 Å². The predicted octanol–water partition coefficient (Wildman–Crippen LogP) is 2.55. The van der Waals surface area contributed by atoms with Gasteiger partial charge in [0.2, 0.25) is 0 Å². The number of fused-ring (bicyclic) bond motifs is 1. The normalized spacial score (nSPS) is 15.9. The molecule has 1 aliphatic carbocycles. The number of phenolic OH excluding ortho intramolecular Hbond substituents is 1. The average Bonchev–Trinajstić information content (AvgIpc) is 2.17. The van der Waals surface area contributed by atoms with Crippen molar-refractivity contribution in [2.75, 3.05) is 0 Å². The molecule has 1 aromatic rings. The SMILES string of the molecule is CC(C)(N)Cc1cc2c(cc1O)CCCC2. The van der Waals surface area contributed by atoms with Gasteiger partial charge in [0.1, 0.15) is 5.75 Å². The van der Waals surface area contributed by atoms with Crippen molar-refractivity contribution in [3.8, 4) is 5.75 Å². The highest BCUT2D eigenvalue weighted by Gasteiger charge is 2.18. The zero-order valence-electron chi connectivity index (χ0n) is 10.2. The summed E-state index contributed by atoms with van der Waals surface area (Å²) in [5.41, 5.74) is 9.46. The Bertz CT molecular complexity index is 390. The molecule has 0 aromatic heterocycles. The molecule has 0 radical (unpaired) electrons. The molecule has 0 amide bonds. The summed E-state index contributed by atoms with van der Waals surface area (Å²) >= 11 is 0. The second-order valence-electron chi connectivity index (χ2n) is 5.62. The van der Waals surface area contributed by atoms with Crippen molar-refractivity contribution >= 4 is 0 Å². The van der Waals surface area contributed by atoms with Gasteiger partial charge in [0.05, 0.1) is 0 Å². The third-order valence-electron chi connectivity index (χ3n) is 3.19. The van der Waals surface area contributed by atoms with Crippen LogP contribution in [-0.2, 0) is 19.3 Å². The summed E-state index contributed by atoms with van der Waals surface area (Å²) < 4.78 is 0. The lowest BCUT2D eigenvalue weighted by atomic mass is 9.87. The fourth-order valence-corrected chi connectivity index (χ4v) is 2.46. The Labute approximate surface area is 97.5 Å². The van der Waals surface area contributed by atoms with Gasteiger partial charge in [-0.2, -0.15) is 0 Å². The van der Waals surface area contributed by atoms with Crippen LogP contribution < -0.4 is 5.73 Å². The Morgan fingerprint density at radius 3 is 2.31 bits per heavy atom. The van der Waals surface area contributed by atoms with Crippen molar-refractivity contribution in [3.63, 3.8) is 0 Å². The molecule has 2 heteroatoms. The fraction of sp³-hybridized carbons (Fsp3) is 0.571. The van der Waals surface area contributed by atoms with Gasteiger partial charge in [-0.15, -0.1) is 0 Å². The van der Waals surface area contributed by atoms with Crippen LogP contribution >= 0.6 is 0 Å². The quantitative estimate of drug-likeness (QED) is 0.803. The summed E-state index contributed by atoms with van der Waals surface area (Å²) in [5, 5.41) is 9.97. The summed E-state index contributed by atoms with van der Waals surface area (Å²) in [6.45, 7) is 3.98. The molecular formula is C14H21NO. The van der Waals surface area contributed by atoms with E-state index in [1.807, 2.05) is 19.9 Å². The fourth-order valence-electron chi connectivity index (χ4n) is 2.46. The first kappa shape index (κ1) is 11.5. The molecule has 0 bridgehead atoms. The van der Waals surface area contributed by atoms with Crippen LogP contribution in [0.4, 0.5) is 0 Å². The minimum Gasteiger partial charge on any atom is -0.508 e. The van der Waals surface area contributed by atoms with Crippen molar-refractivity contribution in [2.24, 2.45) is 5.73 Å². The monoisotopic (exact) mass is 219 g/mol. The molecule has 0 aliphatic heterocycles. The highest BCUT2D eigenvalue weighted by atomic mass is 16.3. The van der Waals surface area contributed by atoms with E-state index in [4.69, 9.17) is 5.73 Å². The van der Waals surface area contributed by atoms with Crippen molar-refractivity contribution in [2.45, 2.75) is 51.5 Å². The number of nitrogens with two attached hydrogens (primary N) is 1. The smallest absolute Gasteiger partial charge is 0.119 e. The van der Waals surface area contributed by atoms with Gasteiger partial charge in [-0.3, -0.25) is 0 Å². The number of aromatic hydroxyl groups is 1. The van der Waals surface area contributed by atoms with Crippen LogP contribution in [0.25, 0.3) is 0 Å². The molecule has 0 saturated carbocycles. The van der Waals surface area contributed by atoms with Crippen LogP contribution in [0.5, 0.6) is 5.75 Å². The lowest BCUT2D eigenvalue weighted by Crippen LogP contribution is -2.34. The molecule has 0 saturated heterocycles. The molecule has 0 fully saturated rings. The summed E-state index contributed by atoms with van der Waals surface area (Å²) in [4.78, 5) is 0. The molecule has 1 aromatic carbocycles. The summed E-state index contributed by atoms with van der Waals surface area (Å²) in [7, 11) is 0. The van der Waals surface area contributed by atoms with E-state index >= 15 is 0 Å². The number of hydrogen-bond acceptors (Lipinski definition) is 2. The molecule has 1 aliphatic rings. The first-order valence-corrected chi connectivity index (χ1v) is 6.08. The Kier molecular flexibility index (Phi) is 2.94. The molecule has 2 nitrogen and oxygen atoms in total. The standard InChI is InChI=1S/C14H21NO/c1-14(2,15)9-12-7-10-5-3-4-6-11(10)8-13(12)16/h7-8,16H,3-6,9,15H2,1-2H3. The van der Waals surface area contributed by atoms with E-state index in [0.29, 0.717) is 5.75 Å². The van der Waals surface area contributed by atoms with E-state index in [1.54, 1.807) is 0 Å². The third-order valence-corrected chi connectivity index (χ3v) is 3.19.